The number of hydrogen-bond acceptors (Lipinski definition) is 4. The minimum Gasteiger partial charge on any atom is -0.387 e. The summed E-state index contributed by atoms with van der Waals surface area (Å²) >= 11 is 0. The van der Waals surface area contributed by atoms with Crippen LogP contribution >= 0.6 is 0 Å². The fourth-order valence-corrected chi connectivity index (χ4v) is 2.50. The molecule has 110 valence electrons. The van der Waals surface area contributed by atoms with Crippen LogP contribution in [0.1, 0.15) is 36.5 Å². The van der Waals surface area contributed by atoms with E-state index in [1.165, 1.54) is 0 Å². The molecular formula is C15H23N3O2. The molecule has 2 rings (SSSR count). The number of pyridine rings is 1. The summed E-state index contributed by atoms with van der Waals surface area (Å²) < 4.78 is 5.78. The first-order valence-electron chi connectivity index (χ1n) is 7.29. The lowest BCUT2D eigenvalue weighted by Crippen LogP contribution is -2.43. The molecular weight excluding hydrogens is 254 g/mol. The van der Waals surface area contributed by atoms with Crippen LogP contribution in [-0.4, -0.2) is 48.6 Å². The predicted octanol–water partition coefficient (Wildman–Crippen LogP) is 2.15. The third-order valence-electron chi connectivity index (χ3n) is 3.54. The van der Waals surface area contributed by atoms with Crippen molar-refractivity contribution < 1.29 is 9.53 Å². The van der Waals surface area contributed by atoms with Gasteiger partial charge < -0.3 is 15.0 Å². The highest BCUT2D eigenvalue weighted by Gasteiger charge is 2.26. The smallest absolute Gasteiger partial charge is 0.257 e. The zero-order valence-electron chi connectivity index (χ0n) is 12.3. The standard InChI is InChI=1S/C15H23N3O2/c1-3-9-20-12-5-4-8-18(11-12)15(19)13-10-17-7-6-14(13)16-2/h6-7,10,12H,3-5,8-9,11H2,1-2H3,(H,16,17). The van der Waals surface area contributed by atoms with Gasteiger partial charge in [0.1, 0.15) is 0 Å². The van der Waals surface area contributed by atoms with Crippen molar-refractivity contribution in [3.8, 4) is 0 Å². The van der Waals surface area contributed by atoms with Crippen molar-refractivity contribution in [1.29, 1.82) is 0 Å². The van der Waals surface area contributed by atoms with Crippen LogP contribution in [0.2, 0.25) is 0 Å². The normalized spacial score (nSPS) is 18.9. The van der Waals surface area contributed by atoms with Crippen molar-refractivity contribution >= 4 is 11.6 Å². The zero-order valence-corrected chi connectivity index (χ0v) is 12.3. The van der Waals surface area contributed by atoms with Gasteiger partial charge in [0, 0.05) is 44.8 Å². The molecule has 20 heavy (non-hydrogen) atoms. The van der Waals surface area contributed by atoms with Crippen LogP contribution in [0, 0.1) is 0 Å². The van der Waals surface area contributed by atoms with Crippen LogP contribution in [0.5, 0.6) is 0 Å². The number of carbonyl (C=O) groups is 1. The van der Waals surface area contributed by atoms with Gasteiger partial charge in [-0.15, -0.1) is 0 Å². The third kappa shape index (κ3) is 3.48. The van der Waals surface area contributed by atoms with Gasteiger partial charge in [0.05, 0.1) is 11.7 Å². The molecule has 1 aliphatic heterocycles. The van der Waals surface area contributed by atoms with E-state index in [4.69, 9.17) is 4.74 Å². The monoisotopic (exact) mass is 277 g/mol. The molecule has 0 radical (unpaired) electrons. The first-order valence-corrected chi connectivity index (χ1v) is 7.29. The van der Waals surface area contributed by atoms with Gasteiger partial charge in [-0.2, -0.15) is 0 Å². The summed E-state index contributed by atoms with van der Waals surface area (Å²) in [5, 5.41) is 3.04. The SMILES string of the molecule is CCCOC1CCCN(C(=O)c2cnccc2NC)C1. The van der Waals surface area contributed by atoms with E-state index in [9.17, 15) is 4.79 Å². The topological polar surface area (TPSA) is 54.5 Å². The Morgan fingerprint density at radius 2 is 2.45 bits per heavy atom. The van der Waals surface area contributed by atoms with Gasteiger partial charge in [0.25, 0.3) is 5.91 Å². The quantitative estimate of drug-likeness (QED) is 0.896. The zero-order chi connectivity index (χ0) is 14.4. The van der Waals surface area contributed by atoms with E-state index in [1.807, 2.05) is 18.0 Å². The molecule has 5 nitrogen and oxygen atoms in total. The number of hydrogen-bond donors (Lipinski definition) is 1. The van der Waals surface area contributed by atoms with Crippen molar-refractivity contribution in [3.63, 3.8) is 0 Å². The Morgan fingerprint density at radius 1 is 1.60 bits per heavy atom. The number of ether oxygens (including phenoxy) is 1. The summed E-state index contributed by atoms with van der Waals surface area (Å²) in [5.74, 6) is 0.0345. The number of amides is 1. The van der Waals surface area contributed by atoms with Gasteiger partial charge >= 0.3 is 0 Å². The summed E-state index contributed by atoms with van der Waals surface area (Å²) in [6.45, 7) is 4.34. The maximum absolute atomic E-state index is 12.6. The first kappa shape index (κ1) is 14.8. The Bertz CT molecular complexity index is 450. The van der Waals surface area contributed by atoms with E-state index in [0.29, 0.717) is 12.1 Å². The Hall–Kier alpha value is -1.62. The maximum Gasteiger partial charge on any atom is 0.257 e. The lowest BCUT2D eigenvalue weighted by atomic mass is 10.1. The van der Waals surface area contributed by atoms with E-state index < -0.39 is 0 Å². The highest BCUT2D eigenvalue weighted by Crippen LogP contribution is 2.20. The van der Waals surface area contributed by atoms with Crippen LogP contribution in [0.4, 0.5) is 5.69 Å². The number of carbonyl (C=O) groups excluding carboxylic acids is 1. The average molecular weight is 277 g/mol. The molecule has 1 amide bonds. The Morgan fingerprint density at radius 3 is 3.20 bits per heavy atom. The van der Waals surface area contributed by atoms with Crippen molar-refractivity contribution in [2.45, 2.75) is 32.3 Å². The van der Waals surface area contributed by atoms with Crippen molar-refractivity contribution in [2.75, 3.05) is 32.1 Å². The average Bonchev–Trinajstić information content (AvgIpc) is 2.52. The van der Waals surface area contributed by atoms with E-state index in [-0.39, 0.29) is 12.0 Å². The van der Waals surface area contributed by atoms with Gasteiger partial charge in [0.2, 0.25) is 0 Å². The Labute approximate surface area is 120 Å². The van der Waals surface area contributed by atoms with Crippen molar-refractivity contribution in [1.82, 2.24) is 9.88 Å². The first-order chi connectivity index (χ1) is 9.76. The number of anilines is 1. The number of likely N-dealkylation sites (tertiary alicyclic amines) is 1. The maximum atomic E-state index is 12.6. The minimum atomic E-state index is 0.0345. The largest absolute Gasteiger partial charge is 0.387 e. The fraction of sp³-hybridized carbons (Fsp3) is 0.600. The number of nitrogens with zero attached hydrogens (tertiary/aromatic N) is 2. The second kappa shape index (κ2) is 7.24. The highest BCUT2D eigenvalue weighted by molar-refractivity contribution is 5.99. The predicted molar refractivity (Wildman–Crippen MR) is 79.0 cm³/mol. The second-order valence-electron chi connectivity index (χ2n) is 5.06. The Balaban J connectivity index is 2.04. The van der Waals surface area contributed by atoms with Gasteiger partial charge in [-0.25, -0.2) is 0 Å². The lowest BCUT2D eigenvalue weighted by Gasteiger charge is -2.33. The molecule has 1 aliphatic rings. The molecule has 0 aromatic carbocycles. The van der Waals surface area contributed by atoms with Crippen LogP contribution in [-0.2, 0) is 4.74 Å². The number of aromatic nitrogens is 1. The number of nitrogens with one attached hydrogen (secondary N) is 1. The summed E-state index contributed by atoms with van der Waals surface area (Å²) in [6.07, 6.45) is 6.53. The minimum absolute atomic E-state index is 0.0345. The summed E-state index contributed by atoms with van der Waals surface area (Å²) in [6, 6.07) is 1.82. The molecule has 1 atom stereocenters. The molecule has 2 heterocycles. The van der Waals surface area contributed by atoms with Crippen LogP contribution in [0.25, 0.3) is 0 Å². The molecule has 1 N–H and O–H groups in total. The van der Waals surface area contributed by atoms with Crippen LogP contribution < -0.4 is 5.32 Å². The van der Waals surface area contributed by atoms with Gasteiger partial charge in [0.15, 0.2) is 0 Å². The van der Waals surface area contributed by atoms with Crippen molar-refractivity contribution in [2.24, 2.45) is 0 Å². The van der Waals surface area contributed by atoms with E-state index in [2.05, 4.69) is 17.2 Å². The van der Waals surface area contributed by atoms with E-state index in [0.717, 1.165) is 38.1 Å². The summed E-state index contributed by atoms with van der Waals surface area (Å²) in [7, 11) is 1.81. The summed E-state index contributed by atoms with van der Waals surface area (Å²) in [4.78, 5) is 18.5. The molecule has 1 saturated heterocycles. The summed E-state index contributed by atoms with van der Waals surface area (Å²) in [5.41, 5.74) is 1.45. The van der Waals surface area contributed by atoms with Gasteiger partial charge in [-0.1, -0.05) is 6.92 Å². The van der Waals surface area contributed by atoms with Gasteiger partial charge in [-0.05, 0) is 25.3 Å². The van der Waals surface area contributed by atoms with Gasteiger partial charge in [-0.3, -0.25) is 9.78 Å². The Kier molecular flexibility index (Phi) is 5.35. The lowest BCUT2D eigenvalue weighted by molar-refractivity contribution is 0.00213. The molecule has 1 unspecified atom stereocenters. The van der Waals surface area contributed by atoms with Crippen LogP contribution in [0.3, 0.4) is 0 Å². The number of rotatable bonds is 5. The second-order valence-corrected chi connectivity index (χ2v) is 5.06. The highest BCUT2D eigenvalue weighted by atomic mass is 16.5. The van der Waals surface area contributed by atoms with E-state index >= 15 is 0 Å². The molecule has 1 aromatic heterocycles. The molecule has 0 aliphatic carbocycles. The third-order valence-corrected chi connectivity index (χ3v) is 3.54. The van der Waals surface area contributed by atoms with E-state index in [1.54, 1.807) is 12.4 Å². The molecule has 0 spiro atoms. The number of piperidine rings is 1. The van der Waals surface area contributed by atoms with Crippen LogP contribution in [0.15, 0.2) is 18.5 Å². The molecule has 0 bridgehead atoms. The molecule has 0 saturated carbocycles. The molecule has 1 fully saturated rings. The fourth-order valence-electron chi connectivity index (χ4n) is 2.50. The molecule has 1 aromatic rings. The van der Waals surface area contributed by atoms with Crippen molar-refractivity contribution in [3.05, 3.63) is 24.0 Å². The molecule has 5 heteroatoms.